The summed E-state index contributed by atoms with van der Waals surface area (Å²) >= 11 is 0. The van der Waals surface area contributed by atoms with Crippen LogP contribution in [-0.2, 0) is 9.59 Å². The Bertz CT molecular complexity index is 912. The molecule has 0 saturated carbocycles. The lowest BCUT2D eigenvalue weighted by Gasteiger charge is -2.22. The van der Waals surface area contributed by atoms with Gasteiger partial charge in [0.2, 0.25) is 11.8 Å². The molecule has 140 valence electrons. The van der Waals surface area contributed by atoms with E-state index in [1.807, 2.05) is 19.1 Å². The zero-order valence-corrected chi connectivity index (χ0v) is 15.0. The smallest absolute Gasteiger partial charge is 0.229 e. The molecule has 2 aliphatic rings. The van der Waals surface area contributed by atoms with Crippen molar-refractivity contribution in [3.8, 4) is 11.5 Å². The Morgan fingerprint density at radius 1 is 1.15 bits per heavy atom. The van der Waals surface area contributed by atoms with E-state index in [1.54, 1.807) is 29.2 Å². The second-order valence-electron chi connectivity index (χ2n) is 6.80. The molecule has 2 aromatic rings. The SMILES string of the molecule is Cc1ccc(N)cc1NC(=O)C1CC(=O)N(c2ccc3c(c2)OCCO3)C1. The third kappa shape index (κ3) is 3.40. The normalized spacial score (nSPS) is 18.5. The fourth-order valence-corrected chi connectivity index (χ4v) is 3.34. The molecule has 0 spiro atoms. The Kier molecular flexibility index (Phi) is 4.35. The predicted molar refractivity (Wildman–Crippen MR) is 102 cm³/mol. The van der Waals surface area contributed by atoms with E-state index in [9.17, 15) is 9.59 Å². The number of aryl methyl sites for hydroxylation is 1. The van der Waals surface area contributed by atoms with E-state index in [0.29, 0.717) is 48.3 Å². The first kappa shape index (κ1) is 17.2. The van der Waals surface area contributed by atoms with Gasteiger partial charge in [0.25, 0.3) is 0 Å². The summed E-state index contributed by atoms with van der Waals surface area (Å²) in [6, 6.07) is 10.8. The molecule has 1 fully saturated rings. The lowest BCUT2D eigenvalue weighted by molar-refractivity contribution is -0.122. The van der Waals surface area contributed by atoms with Gasteiger partial charge in [-0.05, 0) is 36.8 Å². The van der Waals surface area contributed by atoms with Crippen LogP contribution < -0.4 is 25.4 Å². The molecule has 7 nitrogen and oxygen atoms in total. The minimum atomic E-state index is -0.425. The topological polar surface area (TPSA) is 93.9 Å². The maximum Gasteiger partial charge on any atom is 0.229 e. The van der Waals surface area contributed by atoms with Crippen molar-refractivity contribution in [2.45, 2.75) is 13.3 Å². The molecule has 1 saturated heterocycles. The number of fused-ring (bicyclic) bond motifs is 1. The van der Waals surface area contributed by atoms with Gasteiger partial charge in [-0.15, -0.1) is 0 Å². The van der Waals surface area contributed by atoms with Crippen molar-refractivity contribution in [2.75, 3.05) is 35.7 Å². The van der Waals surface area contributed by atoms with Crippen molar-refractivity contribution in [1.82, 2.24) is 0 Å². The van der Waals surface area contributed by atoms with Gasteiger partial charge in [-0.3, -0.25) is 9.59 Å². The number of nitrogens with two attached hydrogens (primary N) is 1. The van der Waals surface area contributed by atoms with Gasteiger partial charge in [0, 0.05) is 36.1 Å². The molecule has 0 aromatic heterocycles. The van der Waals surface area contributed by atoms with Gasteiger partial charge < -0.3 is 25.4 Å². The first-order chi connectivity index (χ1) is 13.0. The number of carbonyl (C=O) groups excluding carboxylic acids is 2. The van der Waals surface area contributed by atoms with Crippen LogP contribution in [0.15, 0.2) is 36.4 Å². The molecule has 0 radical (unpaired) electrons. The van der Waals surface area contributed by atoms with Crippen molar-refractivity contribution >= 4 is 28.9 Å². The van der Waals surface area contributed by atoms with E-state index in [-0.39, 0.29) is 18.2 Å². The minimum Gasteiger partial charge on any atom is -0.486 e. The van der Waals surface area contributed by atoms with Gasteiger partial charge in [-0.2, -0.15) is 0 Å². The van der Waals surface area contributed by atoms with Crippen molar-refractivity contribution in [3.05, 3.63) is 42.0 Å². The second kappa shape index (κ2) is 6.83. The summed E-state index contributed by atoms with van der Waals surface area (Å²) in [4.78, 5) is 26.8. The van der Waals surface area contributed by atoms with Crippen LogP contribution in [0.3, 0.4) is 0 Å². The summed E-state index contributed by atoms with van der Waals surface area (Å²) in [6.07, 6.45) is 0.168. The Balaban J connectivity index is 1.49. The summed E-state index contributed by atoms with van der Waals surface area (Å²) in [5.41, 5.74) is 8.68. The van der Waals surface area contributed by atoms with Crippen LogP contribution in [0.4, 0.5) is 17.1 Å². The molecular formula is C20H21N3O4. The maximum atomic E-state index is 12.7. The Morgan fingerprint density at radius 2 is 1.93 bits per heavy atom. The van der Waals surface area contributed by atoms with Crippen LogP contribution in [-0.4, -0.2) is 31.6 Å². The number of benzene rings is 2. The first-order valence-corrected chi connectivity index (χ1v) is 8.88. The third-order valence-electron chi connectivity index (χ3n) is 4.85. The third-order valence-corrected chi connectivity index (χ3v) is 4.85. The quantitative estimate of drug-likeness (QED) is 0.812. The summed E-state index contributed by atoms with van der Waals surface area (Å²) in [6.45, 7) is 3.22. The van der Waals surface area contributed by atoms with Crippen LogP contribution in [0.1, 0.15) is 12.0 Å². The molecule has 2 amide bonds. The molecule has 4 rings (SSSR count). The highest BCUT2D eigenvalue weighted by molar-refractivity contribution is 6.04. The lowest BCUT2D eigenvalue weighted by atomic mass is 10.1. The highest BCUT2D eigenvalue weighted by Gasteiger charge is 2.35. The molecule has 1 atom stereocenters. The molecule has 2 aliphatic heterocycles. The lowest BCUT2D eigenvalue weighted by Crippen LogP contribution is -2.28. The molecule has 1 unspecified atom stereocenters. The Hall–Kier alpha value is -3.22. The average molecular weight is 367 g/mol. The van der Waals surface area contributed by atoms with E-state index in [2.05, 4.69) is 5.32 Å². The average Bonchev–Trinajstić information content (AvgIpc) is 3.06. The zero-order valence-electron chi connectivity index (χ0n) is 15.0. The monoisotopic (exact) mass is 367 g/mol. The largest absolute Gasteiger partial charge is 0.486 e. The second-order valence-corrected chi connectivity index (χ2v) is 6.80. The van der Waals surface area contributed by atoms with E-state index in [1.165, 1.54) is 0 Å². The summed E-state index contributed by atoms with van der Waals surface area (Å²) < 4.78 is 11.1. The van der Waals surface area contributed by atoms with Gasteiger partial charge in [0.05, 0.1) is 5.92 Å². The van der Waals surface area contributed by atoms with Crippen LogP contribution in [0.5, 0.6) is 11.5 Å². The Morgan fingerprint density at radius 3 is 2.74 bits per heavy atom. The number of carbonyl (C=O) groups is 2. The summed E-state index contributed by atoms with van der Waals surface area (Å²) in [5.74, 6) is 0.595. The van der Waals surface area contributed by atoms with Crippen molar-refractivity contribution in [2.24, 2.45) is 5.92 Å². The number of nitrogens with zero attached hydrogens (tertiary/aromatic N) is 1. The Labute approximate surface area is 157 Å². The predicted octanol–water partition coefficient (Wildman–Crippen LogP) is 2.34. The van der Waals surface area contributed by atoms with Crippen LogP contribution in [0.25, 0.3) is 0 Å². The molecule has 0 bridgehead atoms. The molecular weight excluding hydrogens is 346 g/mol. The van der Waals surface area contributed by atoms with Gasteiger partial charge >= 0.3 is 0 Å². The number of anilines is 3. The summed E-state index contributed by atoms with van der Waals surface area (Å²) in [7, 11) is 0. The van der Waals surface area contributed by atoms with Crippen LogP contribution >= 0.6 is 0 Å². The fourth-order valence-electron chi connectivity index (χ4n) is 3.34. The van der Waals surface area contributed by atoms with Gasteiger partial charge in [0.15, 0.2) is 11.5 Å². The zero-order chi connectivity index (χ0) is 19.0. The fraction of sp³-hybridized carbons (Fsp3) is 0.300. The van der Waals surface area contributed by atoms with E-state index in [0.717, 1.165) is 5.56 Å². The van der Waals surface area contributed by atoms with E-state index in [4.69, 9.17) is 15.2 Å². The number of amides is 2. The van der Waals surface area contributed by atoms with E-state index < -0.39 is 5.92 Å². The summed E-state index contributed by atoms with van der Waals surface area (Å²) in [5, 5.41) is 2.89. The number of nitrogen functional groups attached to an aromatic ring is 1. The van der Waals surface area contributed by atoms with Crippen LogP contribution in [0, 0.1) is 12.8 Å². The number of rotatable bonds is 3. The standard InChI is InChI=1S/C20H21N3O4/c1-12-2-3-14(21)9-16(12)22-20(25)13-8-19(24)23(11-13)15-4-5-17-18(10-15)27-7-6-26-17/h2-5,9-10,13H,6-8,11,21H2,1H3,(H,22,25). The molecule has 2 heterocycles. The van der Waals surface area contributed by atoms with Gasteiger partial charge in [-0.1, -0.05) is 6.07 Å². The molecule has 27 heavy (non-hydrogen) atoms. The van der Waals surface area contributed by atoms with Crippen LogP contribution in [0.2, 0.25) is 0 Å². The van der Waals surface area contributed by atoms with Crippen molar-refractivity contribution in [3.63, 3.8) is 0 Å². The number of hydrogen-bond acceptors (Lipinski definition) is 5. The highest BCUT2D eigenvalue weighted by Crippen LogP contribution is 2.36. The first-order valence-electron chi connectivity index (χ1n) is 8.88. The van der Waals surface area contributed by atoms with Crippen molar-refractivity contribution in [1.29, 1.82) is 0 Å². The molecule has 0 aliphatic carbocycles. The number of hydrogen-bond donors (Lipinski definition) is 2. The number of ether oxygens (including phenoxy) is 2. The highest BCUT2D eigenvalue weighted by atomic mass is 16.6. The number of nitrogens with one attached hydrogen (secondary N) is 1. The van der Waals surface area contributed by atoms with E-state index >= 15 is 0 Å². The van der Waals surface area contributed by atoms with Crippen molar-refractivity contribution < 1.29 is 19.1 Å². The maximum absolute atomic E-state index is 12.7. The molecule has 2 aromatic carbocycles. The minimum absolute atomic E-state index is 0.0869. The van der Waals surface area contributed by atoms with Gasteiger partial charge in [0.1, 0.15) is 13.2 Å². The van der Waals surface area contributed by atoms with Gasteiger partial charge in [-0.25, -0.2) is 0 Å². The molecule has 3 N–H and O–H groups in total. The molecule has 7 heteroatoms.